The summed E-state index contributed by atoms with van der Waals surface area (Å²) in [5.41, 5.74) is 0.158. The molecule has 0 radical (unpaired) electrons. The van der Waals surface area contributed by atoms with Gasteiger partial charge in [-0.2, -0.15) is 5.26 Å². The molecule has 240 valence electrons. The highest BCUT2D eigenvalue weighted by molar-refractivity contribution is 7.91. The monoisotopic (exact) mass is 637 g/mol. The number of aromatic nitrogens is 1. The molecule has 1 heterocycles. The first kappa shape index (κ1) is 33.3. The lowest BCUT2D eigenvalue weighted by atomic mass is 9.91. The molecule has 1 fully saturated rings. The van der Waals surface area contributed by atoms with Crippen molar-refractivity contribution in [3.63, 3.8) is 0 Å². The molecule has 13 heteroatoms. The Kier molecular flexibility index (Phi) is 10.1. The Morgan fingerprint density at radius 1 is 1.04 bits per heavy atom. The van der Waals surface area contributed by atoms with Crippen LogP contribution in [0.25, 0.3) is 10.9 Å². The van der Waals surface area contributed by atoms with Crippen molar-refractivity contribution in [2.45, 2.75) is 82.5 Å². The van der Waals surface area contributed by atoms with Crippen LogP contribution < -0.4 is 15.5 Å². The number of hydrogen-bond acceptors (Lipinski definition) is 7. The van der Waals surface area contributed by atoms with Gasteiger partial charge in [-0.05, 0) is 83.7 Å². The van der Waals surface area contributed by atoms with Gasteiger partial charge in [0.05, 0.1) is 33.5 Å². The zero-order valence-corrected chi connectivity index (χ0v) is 26.7. The third-order valence-electron chi connectivity index (χ3n) is 7.67. The molecule has 3 amide bonds. The first-order chi connectivity index (χ1) is 21.2. The van der Waals surface area contributed by atoms with E-state index in [1.54, 1.807) is 52.0 Å². The van der Waals surface area contributed by atoms with E-state index in [9.17, 15) is 33.2 Å². The predicted molar refractivity (Wildman–Crippen MR) is 169 cm³/mol. The molecule has 0 bridgehead atoms. The fourth-order valence-electron chi connectivity index (χ4n) is 5.59. The van der Waals surface area contributed by atoms with E-state index in [0.29, 0.717) is 36.6 Å². The molecule has 0 saturated heterocycles. The number of sulfone groups is 1. The van der Waals surface area contributed by atoms with Gasteiger partial charge in [-0.3, -0.25) is 9.69 Å². The minimum absolute atomic E-state index is 0.00149. The van der Waals surface area contributed by atoms with Crippen molar-refractivity contribution in [2.24, 2.45) is 0 Å². The summed E-state index contributed by atoms with van der Waals surface area (Å²) in [4.78, 5) is 39.9. The van der Waals surface area contributed by atoms with E-state index in [1.807, 2.05) is 0 Å². The Balaban J connectivity index is 1.68. The maximum atomic E-state index is 14.1. The molecule has 0 aliphatic heterocycles. The van der Waals surface area contributed by atoms with Gasteiger partial charge in [0.1, 0.15) is 11.3 Å². The van der Waals surface area contributed by atoms with Crippen LogP contribution in [0.5, 0.6) is 0 Å². The van der Waals surface area contributed by atoms with Gasteiger partial charge in [0.25, 0.3) is 5.91 Å². The number of carbonyl (C=O) groups excluding carboxylic acids is 2. The minimum Gasteiger partial charge on any atom is -0.465 e. The Bertz CT molecular complexity index is 1710. The Hall–Kier alpha value is -4.57. The molecule has 1 aromatic heterocycles. The number of alkyl carbamates (subject to hydrolysis) is 1. The molecule has 1 saturated carbocycles. The first-order valence-electron chi connectivity index (χ1n) is 14.9. The molecule has 12 nitrogen and oxygen atoms in total. The van der Waals surface area contributed by atoms with E-state index >= 15 is 0 Å². The Labute approximate surface area is 262 Å². The SMILES string of the molecule is CCN(C(=O)O)c1c(C(=O)N[C@H]2CC[C@H](NC(=O)OC(C)(C)C)CC2)n(CCS(=O)(=O)c2ccccc2)c2cc(C#N)ccc12. The molecule has 0 spiro atoms. The molecule has 3 aromatic rings. The summed E-state index contributed by atoms with van der Waals surface area (Å²) in [7, 11) is -3.77. The van der Waals surface area contributed by atoms with Crippen molar-refractivity contribution in [1.29, 1.82) is 5.26 Å². The topological polar surface area (TPSA) is 171 Å². The number of anilines is 1. The van der Waals surface area contributed by atoms with E-state index in [-0.39, 0.29) is 52.8 Å². The lowest BCUT2D eigenvalue weighted by Gasteiger charge is -2.31. The molecule has 0 atom stereocenters. The number of benzene rings is 2. The predicted octanol–water partition coefficient (Wildman–Crippen LogP) is 5.06. The average Bonchev–Trinajstić information content (AvgIpc) is 3.30. The zero-order chi connectivity index (χ0) is 32.9. The summed E-state index contributed by atoms with van der Waals surface area (Å²) in [6.45, 7) is 6.87. The van der Waals surface area contributed by atoms with Crippen LogP contribution in [0.1, 0.15) is 69.4 Å². The first-order valence-corrected chi connectivity index (χ1v) is 16.5. The van der Waals surface area contributed by atoms with Crippen LogP contribution in [0, 0.1) is 11.3 Å². The normalized spacial score (nSPS) is 16.9. The van der Waals surface area contributed by atoms with E-state index in [1.165, 1.54) is 28.8 Å². The second kappa shape index (κ2) is 13.6. The van der Waals surface area contributed by atoms with Crippen molar-refractivity contribution in [1.82, 2.24) is 15.2 Å². The number of aryl methyl sites for hydroxylation is 1. The highest BCUT2D eigenvalue weighted by Gasteiger charge is 2.32. The fraction of sp³-hybridized carbons (Fsp3) is 0.438. The van der Waals surface area contributed by atoms with Crippen molar-refractivity contribution in [3.05, 3.63) is 59.8 Å². The number of rotatable bonds is 9. The van der Waals surface area contributed by atoms with Gasteiger partial charge in [0.2, 0.25) is 0 Å². The number of nitriles is 1. The smallest absolute Gasteiger partial charge is 0.411 e. The second-order valence-corrected chi connectivity index (χ2v) is 14.1. The van der Waals surface area contributed by atoms with Gasteiger partial charge in [-0.15, -0.1) is 0 Å². The number of fused-ring (bicyclic) bond motifs is 1. The number of amides is 3. The number of hydrogen-bond donors (Lipinski definition) is 3. The minimum atomic E-state index is -3.77. The number of carbonyl (C=O) groups is 3. The summed E-state index contributed by atoms with van der Waals surface area (Å²) >= 11 is 0. The summed E-state index contributed by atoms with van der Waals surface area (Å²) < 4.78 is 33.3. The number of nitrogens with one attached hydrogen (secondary N) is 2. The van der Waals surface area contributed by atoms with Crippen LogP contribution >= 0.6 is 0 Å². The van der Waals surface area contributed by atoms with Gasteiger partial charge in [-0.25, -0.2) is 18.0 Å². The van der Waals surface area contributed by atoms with Gasteiger partial charge in [0.15, 0.2) is 9.84 Å². The molecule has 1 aliphatic rings. The highest BCUT2D eigenvalue weighted by Crippen LogP contribution is 2.36. The van der Waals surface area contributed by atoms with Gasteiger partial charge in [-0.1, -0.05) is 18.2 Å². The van der Waals surface area contributed by atoms with Crippen LogP contribution in [-0.4, -0.2) is 66.2 Å². The summed E-state index contributed by atoms with van der Waals surface area (Å²) in [6, 6.07) is 14.3. The molecule has 0 unspecified atom stereocenters. The summed E-state index contributed by atoms with van der Waals surface area (Å²) in [5, 5.41) is 26.0. The van der Waals surface area contributed by atoms with Crippen molar-refractivity contribution >= 4 is 44.5 Å². The fourth-order valence-corrected chi connectivity index (χ4v) is 6.82. The second-order valence-electron chi connectivity index (χ2n) is 12.0. The Morgan fingerprint density at radius 2 is 1.67 bits per heavy atom. The van der Waals surface area contributed by atoms with Crippen molar-refractivity contribution < 1.29 is 32.6 Å². The molecule has 45 heavy (non-hydrogen) atoms. The van der Waals surface area contributed by atoms with Gasteiger partial charge < -0.3 is 25.0 Å². The zero-order valence-electron chi connectivity index (χ0n) is 25.9. The lowest BCUT2D eigenvalue weighted by Crippen LogP contribution is -2.45. The van der Waals surface area contributed by atoms with Crippen LogP contribution in [0.3, 0.4) is 0 Å². The van der Waals surface area contributed by atoms with E-state index in [0.717, 1.165) is 4.90 Å². The molecule has 2 aromatic carbocycles. The van der Waals surface area contributed by atoms with Crippen LogP contribution in [0.15, 0.2) is 53.4 Å². The third kappa shape index (κ3) is 7.94. The van der Waals surface area contributed by atoms with Crippen molar-refractivity contribution in [3.8, 4) is 6.07 Å². The average molecular weight is 638 g/mol. The quantitative estimate of drug-likeness (QED) is 0.292. The van der Waals surface area contributed by atoms with Crippen LogP contribution in [0.2, 0.25) is 0 Å². The van der Waals surface area contributed by atoms with Crippen LogP contribution in [0.4, 0.5) is 15.3 Å². The standard InChI is InChI=1S/C32H39N5O7S/c1-5-36(31(40)41)27-25-16-11-21(20-33)19-26(25)37(17-18-45(42,43)24-9-7-6-8-10-24)28(27)29(38)34-22-12-14-23(15-13-22)35-30(39)44-32(2,3)4/h6-11,16,19,22-23H,5,12-15,17-18H2,1-4H3,(H,34,38)(H,35,39)(H,40,41)/t22-,23-. The van der Waals surface area contributed by atoms with E-state index < -0.39 is 33.5 Å². The Morgan fingerprint density at radius 3 is 2.22 bits per heavy atom. The van der Waals surface area contributed by atoms with E-state index in [2.05, 4.69) is 16.7 Å². The maximum absolute atomic E-state index is 14.1. The van der Waals surface area contributed by atoms with Crippen LogP contribution in [-0.2, 0) is 21.1 Å². The number of carboxylic acid groups (broad SMARTS) is 1. The third-order valence-corrected chi connectivity index (χ3v) is 9.38. The molecular weight excluding hydrogens is 598 g/mol. The highest BCUT2D eigenvalue weighted by atomic mass is 32.2. The molecular formula is C32H39N5O7S. The van der Waals surface area contributed by atoms with Crippen molar-refractivity contribution in [2.75, 3.05) is 17.2 Å². The van der Waals surface area contributed by atoms with Gasteiger partial charge >= 0.3 is 12.2 Å². The number of ether oxygens (including phenoxy) is 1. The lowest BCUT2D eigenvalue weighted by molar-refractivity contribution is 0.0487. The number of nitrogens with zero attached hydrogens (tertiary/aromatic N) is 3. The maximum Gasteiger partial charge on any atom is 0.411 e. The largest absolute Gasteiger partial charge is 0.465 e. The molecule has 3 N–H and O–H groups in total. The van der Waals surface area contributed by atoms with E-state index in [4.69, 9.17) is 4.74 Å². The molecule has 1 aliphatic carbocycles. The molecule has 4 rings (SSSR count). The van der Waals surface area contributed by atoms with Gasteiger partial charge in [0, 0.05) is 30.6 Å². The summed E-state index contributed by atoms with van der Waals surface area (Å²) in [6.07, 6.45) is 0.521. The summed E-state index contributed by atoms with van der Waals surface area (Å²) in [5.74, 6) is -0.919.